The number of ether oxygens (including phenoxy) is 1. The fourth-order valence-corrected chi connectivity index (χ4v) is 1.93. The molecule has 1 aromatic carbocycles. The Hall–Kier alpha value is -1.84. The maximum atomic E-state index is 5.48. The second kappa shape index (κ2) is 6.92. The third-order valence-corrected chi connectivity index (χ3v) is 2.83. The predicted octanol–water partition coefficient (Wildman–Crippen LogP) is 2.13. The lowest BCUT2D eigenvalue weighted by Gasteiger charge is -2.10. The summed E-state index contributed by atoms with van der Waals surface area (Å²) in [5.74, 6) is 3.83. The summed E-state index contributed by atoms with van der Waals surface area (Å²) in [5.41, 5.74) is 1.01. The summed E-state index contributed by atoms with van der Waals surface area (Å²) in [7, 11) is 0. The molecule has 0 fully saturated rings. The maximum Gasteiger partial charge on any atom is 0.213 e. The molecule has 0 atom stereocenters. The van der Waals surface area contributed by atoms with Gasteiger partial charge in [-0.1, -0.05) is 27.0 Å². The van der Waals surface area contributed by atoms with Crippen molar-refractivity contribution < 1.29 is 9.26 Å². The molecule has 0 aliphatic carbocycles. The summed E-state index contributed by atoms with van der Waals surface area (Å²) in [5, 5.41) is 6.93. The molecular weight excluding hydrogens is 310 g/mol. The third kappa shape index (κ3) is 4.09. The molecule has 2 rings (SSSR count). The SMILES string of the molecule is C#CCOc1ccc(Br)cc1CNCc1ncon1. The van der Waals surface area contributed by atoms with E-state index in [4.69, 9.17) is 11.2 Å². The van der Waals surface area contributed by atoms with E-state index in [2.05, 4.69) is 41.8 Å². The lowest BCUT2D eigenvalue weighted by Crippen LogP contribution is -2.14. The van der Waals surface area contributed by atoms with Gasteiger partial charge in [-0.25, -0.2) is 0 Å². The van der Waals surface area contributed by atoms with Gasteiger partial charge in [0, 0.05) is 16.6 Å². The normalized spacial score (nSPS) is 10.1. The van der Waals surface area contributed by atoms with Gasteiger partial charge in [0.2, 0.25) is 6.39 Å². The van der Waals surface area contributed by atoms with Crippen LogP contribution in [-0.4, -0.2) is 16.7 Å². The van der Waals surface area contributed by atoms with Gasteiger partial charge in [-0.3, -0.25) is 0 Å². The Morgan fingerprint density at radius 3 is 3.05 bits per heavy atom. The lowest BCUT2D eigenvalue weighted by atomic mass is 10.2. The molecule has 5 nitrogen and oxygen atoms in total. The molecule has 0 spiro atoms. The summed E-state index contributed by atoms with van der Waals surface area (Å²) >= 11 is 3.43. The molecule has 0 aliphatic rings. The van der Waals surface area contributed by atoms with Crippen LogP contribution in [0, 0.1) is 12.3 Å². The second-order valence-corrected chi connectivity index (χ2v) is 4.61. The van der Waals surface area contributed by atoms with Crippen LogP contribution in [0.4, 0.5) is 0 Å². The van der Waals surface area contributed by atoms with Crippen molar-refractivity contribution in [2.75, 3.05) is 6.61 Å². The van der Waals surface area contributed by atoms with E-state index in [1.807, 2.05) is 18.2 Å². The van der Waals surface area contributed by atoms with Gasteiger partial charge < -0.3 is 14.6 Å². The number of rotatable bonds is 6. The molecule has 98 valence electrons. The first-order valence-electron chi connectivity index (χ1n) is 5.60. The van der Waals surface area contributed by atoms with Crippen LogP contribution in [0.2, 0.25) is 0 Å². The Balaban J connectivity index is 1.97. The van der Waals surface area contributed by atoms with Gasteiger partial charge >= 0.3 is 0 Å². The lowest BCUT2D eigenvalue weighted by molar-refractivity contribution is 0.364. The largest absolute Gasteiger partial charge is 0.481 e. The Morgan fingerprint density at radius 1 is 1.42 bits per heavy atom. The zero-order chi connectivity index (χ0) is 13.5. The number of halogens is 1. The van der Waals surface area contributed by atoms with Gasteiger partial charge in [-0.2, -0.15) is 4.98 Å². The summed E-state index contributed by atoms with van der Waals surface area (Å²) < 4.78 is 11.1. The van der Waals surface area contributed by atoms with Crippen LogP contribution < -0.4 is 10.1 Å². The van der Waals surface area contributed by atoms with E-state index in [0.29, 0.717) is 18.9 Å². The van der Waals surface area contributed by atoms with Crippen molar-refractivity contribution >= 4 is 15.9 Å². The van der Waals surface area contributed by atoms with Crippen molar-refractivity contribution in [3.63, 3.8) is 0 Å². The van der Waals surface area contributed by atoms with Crippen molar-refractivity contribution in [1.29, 1.82) is 0 Å². The molecule has 0 bridgehead atoms. The summed E-state index contributed by atoms with van der Waals surface area (Å²) in [6.07, 6.45) is 6.50. The molecule has 19 heavy (non-hydrogen) atoms. The number of hydrogen-bond donors (Lipinski definition) is 1. The van der Waals surface area contributed by atoms with Crippen LogP contribution in [-0.2, 0) is 13.1 Å². The van der Waals surface area contributed by atoms with Crippen molar-refractivity contribution in [2.45, 2.75) is 13.1 Å². The highest BCUT2D eigenvalue weighted by atomic mass is 79.9. The standard InChI is InChI=1S/C13H12BrN3O2/c1-2-5-18-12-4-3-11(14)6-10(12)7-15-8-13-16-9-19-17-13/h1,3-4,6,9,15H,5,7-8H2. The molecule has 1 heterocycles. The van der Waals surface area contributed by atoms with Crippen LogP contribution in [0.15, 0.2) is 33.6 Å². The fourth-order valence-electron chi connectivity index (χ4n) is 1.53. The monoisotopic (exact) mass is 321 g/mol. The van der Waals surface area contributed by atoms with Gasteiger partial charge in [-0.05, 0) is 18.2 Å². The quantitative estimate of drug-likeness (QED) is 0.826. The number of nitrogens with one attached hydrogen (secondary N) is 1. The minimum Gasteiger partial charge on any atom is -0.481 e. The first-order chi connectivity index (χ1) is 9.29. The smallest absolute Gasteiger partial charge is 0.213 e. The van der Waals surface area contributed by atoms with Gasteiger partial charge in [0.05, 0.1) is 6.54 Å². The van der Waals surface area contributed by atoms with Crippen LogP contribution in [0.5, 0.6) is 5.75 Å². The van der Waals surface area contributed by atoms with E-state index in [-0.39, 0.29) is 6.61 Å². The summed E-state index contributed by atoms with van der Waals surface area (Å²) in [6, 6.07) is 5.77. The minimum atomic E-state index is 0.249. The molecule has 2 aromatic rings. The van der Waals surface area contributed by atoms with Crippen molar-refractivity contribution in [2.24, 2.45) is 0 Å². The molecule has 1 aromatic heterocycles. The van der Waals surface area contributed by atoms with E-state index < -0.39 is 0 Å². The van der Waals surface area contributed by atoms with Crippen molar-refractivity contribution in [1.82, 2.24) is 15.5 Å². The molecule has 1 N–H and O–H groups in total. The molecule has 0 saturated heterocycles. The van der Waals surface area contributed by atoms with Gasteiger partial charge in [0.15, 0.2) is 5.82 Å². The number of aromatic nitrogens is 2. The Kier molecular flexibility index (Phi) is 4.95. The van der Waals surface area contributed by atoms with E-state index in [0.717, 1.165) is 15.8 Å². The van der Waals surface area contributed by atoms with Gasteiger partial charge in [0.25, 0.3) is 0 Å². The molecule has 0 amide bonds. The predicted molar refractivity (Wildman–Crippen MR) is 73.3 cm³/mol. The third-order valence-electron chi connectivity index (χ3n) is 2.34. The average molecular weight is 322 g/mol. The highest BCUT2D eigenvalue weighted by Crippen LogP contribution is 2.23. The molecule has 0 unspecified atom stereocenters. The second-order valence-electron chi connectivity index (χ2n) is 3.70. The molecule has 0 radical (unpaired) electrons. The first-order valence-corrected chi connectivity index (χ1v) is 6.39. The summed E-state index contributed by atoms with van der Waals surface area (Å²) in [4.78, 5) is 3.93. The molecular formula is C13H12BrN3O2. The number of terminal acetylenes is 1. The van der Waals surface area contributed by atoms with Crippen LogP contribution in [0.25, 0.3) is 0 Å². The topological polar surface area (TPSA) is 60.2 Å². The van der Waals surface area contributed by atoms with Gasteiger partial charge in [0.1, 0.15) is 12.4 Å². The maximum absolute atomic E-state index is 5.48. The zero-order valence-electron chi connectivity index (χ0n) is 10.1. The van der Waals surface area contributed by atoms with Crippen molar-refractivity contribution in [3.8, 4) is 18.1 Å². The van der Waals surface area contributed by atoms with E-state index in [9.17, 15) is 0 Å². The molecule has 6 heteroatoms. The Labute approximate surface area is 119 Å². The number of nitrogens with zero attached hydrogens (tertiary/aromatic N) is 2. The zero-order valence-corrected chi connectivity index (χ0v) is 11.7. The minimum absolute atomic E-state index is 0.249. The molecule has 0 saturated carbocycles. The Morgan fingerprint density at radius 2 is 2.32 bits per heavy atom. The number of benzene rings is 1. The Bertz CT molecular complexity index is 564. The number of hydrogen-bond acceptors (Lipinski definition) is 5. The van der Waals surface area contributed by atoms with E-state index >= 15 is 0 Å². The fraction of sp³-hybridized carbons (Fsp3) is 0.231. The summed E-state index contributed by atoms with van der Waals surface area (Å²) in [6.45, 7) is 1.39. The van der Waals surface area contributed by atoms with Crippen LogP contribution in [0.1, 0.15) is 11.4 Å². The first kappa shape index (κ1) is 13.6. The van der Waals surface area contributed by atoms with E-state index in [1.165, 1.54) is 6.39 Å². The molecule has 0 aliphatic heterocycles. The van der Waals surface area contributed by atoms with Gasteiger partial charge in [-0.15, -0.1) is 6.42 Å². The van der Waals surface area contributed by atoms with Crippen molar-refractivity contribution in [3.05, 3.63) is 40.5 Å². The average Bonchev–Trinajstić information content (AvgIpc) is 2.91. The highest BCUT2D eigenvalue weighted by Gasteiger charge is 2.05. The highest BCUT2D eigenvalue weighted by molar-refractivity contribution is 9.10. The van der Waals surface area contributed by atoms with Crippen LogP contribution >= 0.6 is 15.9 Å². The van der Waals surface area contributed by atoms with Crippen LogP contribution in [0.3, 0.4) is 0 Å². The van der Waals surface area contributed by atoms with E-state index in [1.54, 1.807) is 0 Å².